The molecule has 0 heterocycles. The van der Waals surface area contributed by atoms with Gasteiger partial charge in [0.05, 0.1) is 0 Å². The summed E-state index contributed by atoms with van der Waals surface area (Å²) < 4.78 is 0. The molecule has 0 aliphatic rings. The topological polar surface area (TPSA) is 126 Å². The Kier molecular flexibility index (Phi) is 10.4. The monoisotopic (exact) mass is 454 g/mol. The number of hydroxylamine groups is 1. The maximum absolute atomic E-state index is 12.8. The zero-order chi connectivity index (χ0) is 24.1. The summed E-state index contributed by atoms with van der Waals surface area (Å²) >= 11 is 0. The Labute approximate surface area is 193 Å². The highest BCUT2D eigenvalue weighted by Gasteiger charge is 2.25. The van der Waals surface area contributed by atoms with Crippen LogP contribution in [0.1, 0.15) is 31.7 Å². The van der Waals surface area contributed by atoms with E-state index in [0.29, 0.717) is 12.2 Å². The van der Waals surface area contributed by atoms with Gasteiger partial charge in [-0.3, -0.25) is 19.2 Å². The van der Waals surface area contributed by atoms with Crippen LogP contribution in [0, 0.1) is 0 Å². The predicted octanol–water partition coefficient (Wildman–Crippen LogP) is 1.25. The molecule has 0 saturated carbocycles. The molecule has 4 amide bonds. The fourth-order valence-corrected chi connectivity index (χ4v) is 2.90. The van der Waals surface area contributed by atoms with Crippen LogP contribution in [0.5, 0.6) is 5.75 Å². The van der Waals surface area contributed by atoms with Crippen molar-refractivity contribution in [1.82, 2.24) is 21.4 Å². The second kappa shape index (κ2) is 13.5. The lowest BCUT2D eigenvalue weighted by atomic mass is 10.1. The van der Waals surface area contributed by atoms with Crippen molar-refractivity contribution in [2.45, 2.75) is 44.7 Å². The maximum Gasteiger partial charge on any atom is 0.274 e. The maximum atomic E-state index is 12.8. The third-order valence-electron chi connectivity index (χ3n) is 4.84. The van der Waals surface area contributed by atoms with E-state index in [1.807, 2.05) is 36.4 Å². The molecule has 0 bridgehead atoms. The van der Waals surface area contributed by atoms with E-state index in [4.69, 9.17) is 4.84 Å². The Morgan fingerprint density at radius 2 is 1.45 bits per heavy atom. The van der Waals surface area contributed by atoms with Gasteiger partial charge in [0.15, 0.2) is 5.75 Å². The van der Waals surface area contributed by atoms with E-state index >= 15 is 0 Å². The van der Waals surface area contributed by atoms with Crippen molar-refractivity contribution in [3.63, 3.8) is 0 Å². The normalized spacial score (nSPS) is 12.1. The van der Waals surface area contributed by atoms with Crippen molar-refractivity contribution in [3.8, 4) is 5.75 Å². The zero-order valence-electron chi connectivity index (χ0n) is 18.8. The molecule has 33 heavy (non-hydrogen) atoms. The van der Waals surface area contributed by atoms with E-state index in [9.17, 15) is 19.2 Å². The van der Waals surface area contributed by atoms with Crippen LogP contribution in [0.2, 0.25) is 0 Å². The van der Waals surface area contributed by atoms with Gasteiger partial charge in [0, 0.05) is 19.9 Å². The van der Waals surface area contributed by atoms with Crippen molar-refractivity contribution >= 4 is 23.6 Å². The molecule has 176 valence electrons. The van der Waals surface area contributed by atoms with Crippen molar-refractivity contribution in [2.75, 3.05) is 7.05 Å². The summed E-state index contributed by atoms with van der Waals surface area (Å²) in [5, 5.41) is 7.72. The Bertz CT molecular complexity index is 921. The lowest BCUT2D eigenvalue weighted by Gasteiger charge is -2.21. The number of carbonyl (C=O) groups is 4. The minimum Gasteiger partial charge on any atom is -0.379 e. The molecule has 9 heteroatoms. The Morgan fingerprint density at radius 3 is 2.09 bits per heavy atom. The Balaban J connectivity index is 1.90. The largest absolute Gasteiger partial charge is 0.379 e. The summed E-state index contributed by atoms with van der Waals surface area (Å²) in [4.78, 5) is 54.3. The van der Waals surface area contributed by atoms with E-state index in [2.05, 4.69) is 21.4 Å². The molecule has 9 nitrogen and oxygen atoms in total. The third kappa shape index (κ3) is 9.42. The first kappa shape index (κ1) is 25.4. The summed E-state index contributed by atoms with van der Waals surface area (Å²) in [6, 6.07) is 16.3. The second-order valence-electron chi connectivity index (χ2n) is 7.43. The molecule has 0 fully saturated rings. The molecule has 0 saturated heterocycles. The smallest absolute Gasteiger partial charge is 0.274 e. The van der Waals surface area contributed by atoms with Crippen molar-refractivity contribution in [1.29, 1.82) is 0 Å². The van der Waals surface area contributed by atoms with E-state index in [1.54, 1.807) is 24.3 Å². The van der Waals surface area contributed by atoms with Crippen molar-refractivity contribution < 1.29 is 24.0 Å². The Hall–Kier alpha value is -3.88. The van der Waals surface area contributed by atoms with Crippen LogP contribution >= 0.6 is 0 Å². The molecular weight excluding hydrogens is 424 g/mol. The minimum absolute atomic E-state index is 0.0469. The number of benzene rings is 2. The number of hydrogen-bond donors (Lipinski definition) is 4. The quantitative estimate of drug-likeness (QED) is 0.359. The van der Waals surface area contributed by atoms with Crippen LogP contribution in [0.25, 0.3) is 0 Å². The summed E-state index contributed by atoms with van der Waals surface area (Å²) in [5.74, 6) is -1.26. The van der Waals surface area contributed by atoms with Gasteiger partial charge in [0.2, 0.25) is 17.7 Å². The van der Waals surface area contributed by atoms with Gasteiger partial charge in [0.1, 0.15) is 12.1 Å². The second-order valence-corrected chi connectivity index (χ2v) is 7.43. The average Bonchev–Trinajstić information content (AvgIpc) is 2.84. The SMILES string of the molecule is CNC(=O)CCC(NC(=O)CCc1ccccc1)C(=O)NC(C)C(=O)NOc1ccccc1. The van der Waals surface area contributed by atoms with E-state index in [-0.39, 0.29) is 31.1 Å². The molecule has 0 radical (unpaired) electrons. The first-order valence-electron chi connectivity index (χ1n) is 10.7. The van der Waals surface area contributed by atoms with Gasteiger partial charge in [-0.15, -0.1) is 0 Å². The molecule has 2 unspecified atom stereocenters. The molecule has 2 atom stereocenters. The minimum atomic E-state index is -0.962. The van der Waals surface area contributed by atoms with Crippen LogP contribution in [0.4, 0.5) is 0 Å². The molecule has 0 spiro atoms. The van der Waals surface area contributed by atoms with E-state index in [0.717, 1.165) is 5.56 Å². The highest BCUT2D eigenvalue weighted by Crippen LogP contribution is 2.07. The molecule has 0 aromatic heterocycles. The summed E-state index contributed by atoms with van der Waals surface area (Å²) in [7, 11) is 1.50. The van der Waals surface area contributed by atoms with Crippen molar-refractivity contribution in [3.05, 3.63) is 66.2 Å². The van der Waals surface area contributed by atoms with E-state index in [1.165, 1.54) is 14.0 Å². The number of carbonyl (C=O) groups excluding carboxylic acids is 4. The summed E-state index contributed by atoms with van der Waals surface area (Å²) in [6.07, 6.45) is 0.851. The van der Waals surface area contributed by atoms with Crippen molar-refractivity contribution in [2.24, 2.45) is 0 Å². The number of hydrogen-bond acceptors (Lipinski definition) is 5. The third-order valence-corrected chi connectivity index (χ3v) is 4.84. The standard InChI is InChI=1S/C24H30N4O5/c1-17(23(31)28-33-19-11-7-4-8-12-19)26-24(32)20(14-16-21(29)25-2)27-22(30)15-13-18-9-5-3-6-10-18/h3-12,17,20H,13-16H2,1-2H3,(H,25,29)(H,26,32)(H,27,30)(H,28,31). The molecule has 4 N–H and O–H groups in total. The molecule has 0 aliphatic carbocycles. The fourth-order valence-electron chi connectivity index (χ4n) is 2.90. The van der Waals surface area contributed by atoms with Crippen LogP contribution in [0.15, 0.2) is 60.7 Å². The first-order valence-corrected chi connectivity index (χ1v) is 10.7. The van der Waals surface area contributed by atoms with Gasteiger partial charge in [-0.1, -0.05) is 48.5 Å². The molecular formula is C24H30N4O5. The number of amides is 4. The van der Waals surface area contributed by atoms with Crippen LogP contribution in [-0.4, -0.2) is 42.8 Å². The van der Waals surface area contributed by atoms with Gasteiger partial charge < -0.3 is 20.8 Å². The zero-order valence-corrected chi connectivity index (χ0v) is 18.8. The number of para-hydroxylation sites is 1. The average molecular weight is 455 g/mol. The highest BCUT2D eigenvalue weighted by molar-refractivity contribution is 5.92. The van der Waals surface area contributed by atoms with Gasteiger partial charge >= 0.3 is 0 Å². The molecule has 2 aromatic rings. The number of aryl methyl sites for hydroxylation is 1. The summed E-state index contributed by atoms with van der Waals surface area (Å²) in [5.41, 5.74) is 3.28. The van der Waals surface area contributed by atoms with Crippen LogP contribution < -0.4 is 26.3 Å². The van der Waals surface area contributed by atoms with Crippen LogP contribution in [-0.2, 0) is 25.6 Å². The molecule has 2 aromatic carbocycles. The van der Waals surface area contributed by atoms with Gasteiger partial charge in [-0.05, 0) is 37.5 Å². The lowest BCUT2D eigenvalue weighted by molar-refractivity contribution is -0.135. The lowest BCUT2D eigenvalue weighted by Crippen LogP contribution is -2.53. The molecule has 0 aliphatic heterocycles. The summed E-state index contributed by atoms with van der Waals surface area (Å²) in [6.45, 7) is 1.49. The van der Waals surface area contributed by atoms with Crippen LogP contribution in [0.3, 0.4) is 0 Å². The van der Waals surface area contributed by atoms with Gasteiger partial charge in [-0.25, -0.2) is 0 Å². The number of nitrogens with one attached hydrogen (secondary N) is 4. The van der Waals surface area contributed by atoms with Gasteiger partial charge in [0.25, 0.3) is 5.91 Å². The number of rotatable bonds is 12. The van der Waals surface area contributed by atoms with Gasteiger partial charge in [-0.2, -0.15) is 5.48 Å². The predicted molar refractivity (Wildman–Crippen MR) is 123 cm³/mol. The Morgan fingerprint density at radius 1 is 0.818 bits per heavy atom. The molecule has 2 rings (SSSR count). The van der Waals surface area contributed by atoms with E-state index < -0.39 is 23.9 Å². The first-order chi connectivity index (χ1) is 15.9. The fraction of sp³-hybridized carbons (Fsp3) is 0.333. The highest BCUT2D eigenvalue weighted by atomic mass is 16.7.